The van der Waals surface area contributed by atoms with Crippen LogP contribution in [0.5, 0.6) is 0 Å². The first kappa shape index (κ1) is 20.2. The van der Waals surface area contributed by atoms with Crippen molar-refractivity contribution in [3.63, 3.8) is 0 Å². The minimum atomic E-state index is -4.45. The van der Waals surface area contributed by atoms with Crippen molar-refractivity contribution in [2.75, 3.05) is 13.2 Å². The molecule has 2 saturated heterocycles. The Balaban J connectivity index is 1.56. The van der Waals surface area contributed by atoms with Crippen molar-refractivity contribution in [2.45, 2.75) is 36.8 Å². The lowest BCUT2D eigenvalue weighted by Gasteiger charge is -2.24. The maximum Gasteiger partial charge on any atom is 0.416 e. The van der Waals surface area contributed by atoms with E-state index in [0.717, 1.165) is 24.3 Å². The van der Waals surface area contributed by atoms with E-state index in [1.165, 1.54) is 24.3 Å². The van der Waals surface area contributed by atoms with E-state index in [2.05, 4.69) is 0 Å². The predicted octanol–water partition coefficient (Wildman–Crippen LogP) is 5.32. The van der Waals surface area contributed by atoms with E-state index in [4.69, 9.17) is 14.2 Å². The Morgan fingerprint density at radius 3 is 1.21 bits per heavy atom. The molecule has 0 saturated carbocycles. The molecular formula is C20H16F6O3. The molecule has 4 rings (SSSR count). The van der Waals surface area contributed by atoms with Gasteiger partial charge in [-0.15, -0.1) is 0 Å². The lowest BCUT2D eigenvalue weighted by Crippen LogP contribution is -2.19. The predicted molar refractivity (Wildman–Crippen MR) is 88.9 cm³/mol. The third kappa shape index (κ3) is 4.73. The standard InChI is InChI=1S/C20H16F6O3/c21-19(22,23)13-5-1-11(2-6-13)17(15-9-27-15)29-18(16-10-28-16)12-3-7-14(8-4-12)20(24,25)26/h1-8,15-18H,9-10H2. The van der Waals surface area contributed by atoms with Crippen molar-refractivity contribution in [1.82, 2.24) is 0 Å². The summed E-state index contributed by atoms with van der Waals surface area (Å²) in [5, 5.41) is 0. The average molecular weight is 418 g/mol. The van der Waals surface area contributed by atoms with E-state index < -0.39 is 35.7 Å². The third-order valence-electron chi connectivity index (χ3n) is 4.82. The van der Waals surface area contributed by atoms with Crippen LogP contribution in [0.2, 0.25) is 0 Å². The molecule has 0 aromatic heterocycles. The number of halogens is 6. The van der Waals surface area contributed by atoms with Crippen molar-refractivity contribution in [3.05, 3.63) is 70.8 Å². The van der Waals surface area contributed by atoms with Crippen LogP contribution >= 0.6 is 0 Å². The molecule has 3 nitrogen and oxygen atoms in total. The van der Waals surface area contributed by atoms with Gasteiger partial charge in [-0.1, -0.05) is 24.3 Å². The Kier molecular flexibility index (Phi) is 5.08. The second-order valence-electron chi connectivity index (χ2n) is 6.96. The summed E-state index contributed by atoms with van der Waals surface area (Å²) in [6, 6.07) is 9.17. The van der Waals surface area contributed by atoms with Gasteiger partial charge in [-0.05, 0) is 35.4 Å². The summed E-state index contributed by atoms with van der Waals surface area (Å²) in [6.45, 7) is 0.772. The molecule has 0 spiro atoms. The lowest BCUT2D eigenvalue weighted by molar-refractivity contribution is -0.138. The van der Waals surface area contributed by atoms with Crippen LogP contribution in [0, 0.1) is 0 Å². The average Bonchev–Trinajstić information content (AvgIpc) is 3.54. The molecule has 0 radical (unpaired) electrons. The second kappa shape index (κ2) is 7.30. The minimum absolute atomic E-state index is 0.331. The van der Waals surface area contributed by atoms with Gasteiger partial charge in [0.05, 0.1) is 24.3 Å². The van der Waals surface area contributed by atoms with Gasteiger partial charge in [-0.25, -0.2) is 0 Å². The van der Waals surface area contributed by atoms with Gasteiger partial charge in [0, 0.05) is 0 Å². The molecule has 2 aromatic rings. The maximum atomic E-state index is 12.8. The van der Waals surface area contributed by atoms with E-state index in [-0.39, 0.29) is 12.2 Å². The number of benzene rings is 2. The topological polar surface area (TPSA) is 34.3 Å². The summed E-state index contributed by atoms with van der Waals surface area (Å²) >= 11 is 0. The largest absolute Gasteiger partial charge is 0.416 e. The van der Waals surface area contributed by atoms with Crippen LogP contribution in [0.3, 0.4) is 0 Å². The van der Waals surface area contributed by atoms with Crippen molar-refractivity contribution < 1.29 is 40.6 Å². The van der Waals surface area contributed by atoms with Gasteiger partial charge >= 0.3 is 12.4 Å². The van der Waals surface area contributed by atoms with E-state index >= 15 is 0 Å². The SMILES string of the molecule is FC(F)(F)c1ccc(C(OC(c2ccc(C(F)(F)F)cc2)C2CO2)C2CO2)cc1. The highest BCUT2D eigenvalue weighted by molar-refractivity contribution is 5.30. The van der Waals surface area contributed by atoms with Gasteiger partial charge in [0.15, 0.2) is 0 Å². The molecule has 0 amide bonds. The maximum absolute atomic E-state index is 12.8. The number of rotatable bonds is 6. The monoisotopic (exact) mass is 418 g/mol. The molecule has 0 aliphatic carbocycles. The normalized spacial score (nSPS) is 23.5. The summed E-state index contributed by atoms with van der Waals surface area (Å²) in [5.41, 5.74) is -0.556. The first-order valence-corrected chi connectivity index (χ1v) is 8.86. The van der Waals surface area contributed by atoms with E-state index in [1.54, 1.807) is 0 Å². The highest BCUT2D eigenvalue weighted by atomic mass is 19.4. The number of epoxide rings is 2. The van der Waals surface area contributed by atoms with Crippen LogP contribution in [0.25, 0.3) is 0 Å². The van der Waals surface area contributed by atoms with E-state index in [0.29, 0.717) is 24.3 Å². The summed E-state index contributed by atoms with van der Waals surface area (Å²) in [6.07, 6.45) is -10.9. The lowest BCUT2D eigenvalue weighted by atomic mass is 10.0. The fourth-order valence-electron chi connectivity index (χ4n) is 3.10. The Morgan fingerprint density at radius 1 is 0.655 bits per heavy atom. The number of hydrogen-bond acceptors (Lipinski definition) is 3. The van der Waals surface area contributed by atoms with Crippen molar-refractivity contribution in [2.24, 2.45) is 0 Å². The zero-order chi connectivity index (χ0) is 20.8. The Hall–Kier alpha value is -2.10. The molecular weight excluding hydrogens is 402 g/mol. The number of alkyl halides is 6. The van der Waals surface area contributed by atoms with Crippen molar-refractivity contribution in [1.29, 1.82) is 0 Å². The smallest absolute Gasteiger partial charge is 0.370 e. The van der Waals surface area contributed by atoms with Crippen LogP contribution in [-0.2, 0) is 26.6 Å². The van der Waals surface area contributed by atoms with Crippen LogP contribution in [0.15, 0.2) is 48.5 Å². The van der Waals surface area contributed by atoms with Gasteiger partial charge in [-0.3, -0.25) is 0 Å². The second-order valence-corrected chi connectivity index (χ2v) is 6.96. The van der Waals surface area contributed by atoms with Gasteiger partial charge in [0.2, 0.25) is 0 Å². The highest BCUT2D eigenvalue weighted by Gasteiger charge is 2.42. The third-order valence-corrected chi connectivity index (χ3v) is 4.82. The molecule has 29 heavy (non-hydrogen) atoms. The molecule has 2 fully saturated rings. The van der Waals surface area contributed by atoms with Crippen LogP contribution in [0.4, 0.5) is 26.3 Å². The van der Waals surface area contributed by atoms with Gasteiger partial charge in [0.25, 0.3) is 0 Å². The molecule has 2 aliphatic rings. The van der Waals surface area contributed by atoms with Crippen molar-refractivity contribution >= 4 is 0 Å². The zero-order valence-electron chi connectivity index (χ0n) is 14.8. The fraction of sp³-hybridized carbons (Fsp3) is 0.400. The quantitative estimate of drug-likeness (QED) is 0.470. The molecule has 4 atom stereocenters. The molecule has 156 valence electrons. The molecule has 0 N–H and O–H groups in total. The molecule has 2 aromatic carbocycles. The van der Waals surface area contributed by atoms with Crippen LogP contribution in [0.1, 0.15) is 34.5 Å². The first-order chi connectivity index (χ1) is 13.6. The van der Waals surface area contributed by atoms with Crippen molar-refractivity contribution in [3.8, 4) is 0 Å². The highest BCUT2D eigenvalue weighted by Crippen LogP contribution is 2.41. The van der Waals surface area contributed by atoms with Gasteiger partial charge < -0.3 is 14.2 Å². The Bertz CT molecular complexity index is 765. The molecule has 2 aliphatic heterocycles. The zero-order valence-corrected chi connectivity index (χ0v) is 14.8. The molecule has 4 unspecified atom stereocenters. The van der Waals surface area contributed by atoms with Gasteiger partial charge in [-0.2, -0.15) is 26.3 Å². The Morgan fingerprint density at radius 2 is 0.966 bits per heavy atom. The number of hydrogen-bond donors (Lipinski definition) is 0. The summed E-state index contributed by atoms with van der Waals surface area (Å²) in [4.78, 5) is 0. The van der Waals surface area contributed by atoms with Gasteiger partial charge in [0.1, 0.15) is 24.4 Å². The van der Waals surface area contributed by atoms with E-state index in [9.17, 15) is 26.3 Å². The molecule has 9 heteroatoms. The molecule has 0 bridgehead atoms. The van der Waals surface area contributed by atoms with Crippen LogP contribution < -0.4 is 0 Å². The summed E-state index contributed by atoms with van der Waals surface area (Å²) in [7, 11) is 0. The first-order valence-electron chi connectivity index (χ1n) is 8.86. The van der Waals surface area contributed by atoms with Crippen LogP contribution in [-0.4, -0.2) is 25.4 Å². The number of ether oxygens (including phenoxy) is 3. The Labute approximate surface area is 162 Å². The van der Waals surface area contributed by atoms with E-state index in [1.807, 2.05) is 0 Å². The minimum Gasteiger partial charge on any atom is -0.370 e. The fourth-order valence-corrected chi connectivity index (χ4v) is 3.10. The summed E-state index contributed by atoms with van der Waals surface area (Å²) in [5.74, 6) is 0. The summed E-state index contributed by atoms with van der Waals surface area (Å²) < 4.78 is 93.5. The molecule has 2 heterocycles.